The highest BCUT2D eigenvalue weighted by atomic mass is 19.1. The number of hydrogen-bond acceptors (Lipinski definition) is 2. The lowest BCUT2D eigenvalue weighted by molar-refractivity contribution is 0.160. The molecule has 1 saturated heterocycles. The fourth-order valence-corrected chi connectivity index (χ4v) is 1.82. The Morgan fingerprint density at radius 1 is 1.27 bits per heavy atom. The summed E-state index contributed by atoms with van der Waals surface area (Å²) < 4.78 is 18.4. The summed E-state index contributed by atoms with van der Waals surface area (Å²) in [4.78, 5) is 0. The highest BCUT2D eigenvalue weighted by Gasteiger charge is 2.15. The Hall–Kier alpha value is -1.09. The molecule has 1 heterocycles. The van der Waals surface area contributed by atoms with Crippen LogP contribution >= 0.6 is 0 Å². The molecule has 0 aromatic heterocycles. The van der Waals surface area contributed by atoms with E-state index in [0.29, 0.717) is 11.3 Å². The van der Waals surface area contributed by atoms with Gasteiger partial charge in [0.25, 0.3) is 0 Å². The van der Waals surface area contributed by atoms with Crippen LogP contribution in [-0.4, -0.2) is 19.2 Å². The number of piperidine rings is 1. The molecule has 0 amide bonds. The number of hydrogen-bond donors (Lipinski definition) is 1. The van der Waals surface area contributed by atoms with E-state index in [4.69, 9.17) is 4.74 Å². The second-order valence-corrected chi connectivity index (χ2v) is 3.81. The van der Waals surface area contributed by atoms with Gasteiger partial charge in [-0.05, 0) is 32.0 Å². The molecule has 0 aliphatic carbocycles. The Bertz CT molecular complexity index is 310. The molecule has 82 valence electrons. The van der Waals surface area contributed by atoms with Gasteiger partial charge in [0, 0.05) is 5.56 Å². The van der Waals surface area contributed by atoms with Crippen LogP contribution < -0.4 is 10.1 Å². The molecular formula is C12H16FNO. The number of benzene rings is 1. The van der Waals surface area contributed by atoms with Crippen molar-refractivity contribution in [1.82, 2.24) is 5.32 Å². The second kappa shape index (κ2) is 5.12. The summed E-state index contributed by atoms with van der Waals surface area (Å²) in [6.07, 6.45) is 2.24. The molecule has 3 heteroatoms. The van der Waals surface area contributed by atoms with Crippen LogP contribution in [0.5, 0.6) is 5.75 Å². The van der Waals surface area contributed by atoms with Crippen molar-refractivity contribution in [3.63, 3.8) is 0 Å². The Kier molecular flexibility index (Phi) is 3.56. The summed E-state index contributed by atoms with van der Waals surface area (Å²) >= 11 is 0. The quantitative estimate of drug-likeness (QED) is 0.824. The third kappa shape index (κ3) is 2.69. The standard InChI is InChI=1S/C12H16FNO/c13-9-10-3-1-2-4-12(10)15-11-5-7-14-8-6-11/h1-4,11,14H,5-9H2. The molecule has 2 rings (SSSR count). The van der Waals surface area contributed by atoms with E-state index in [9.17, 15) is 4.39 Å². The van der Waals surface area contributed by atoms with E-state index in [-0.39, 0.29) is 6.10 Å². The fourth-order valence-electron chi connectivity index (χ4n) is 1.82. The summed E-state index contributed by atoms with van der Waals surface area (Å²) in [5.41, 5.74) is 0.649. The van der Waals surface area contributed by atoms with Crippen LogP contribution in [0.15, 0.2) is 24.3 Å². The van der Waals surface area contributed by atoms with Gasteiger partial charge in [-0.25, -0.2) is 4.39 Å². The van der Waals surface area contributed by atoms with E-state index in [2.05, 4.69) is 5.32 Å². The van der Waals surface area contributed by atoms with Gasteiger partial charge < -0.3 is 10.1 Å². The van der Waals surface area contributed by atoms with Gasteiger partial charge in [-0.2, -0.15) is 0 Å². The van der Waals surface area contributed by atoms with Crippen molar-refractivity contribution >= 4 is 0 Å². The highest BCUT2D eigenvalue weighted by Crippen LogP contribution is 2.22. The first-order chi connectivity index (χ1) is 7.40. The van der Waals surface area contributed by atoms with Crippen LogP contribution in [-0.2, 0) is 6.67 Å². The van der Waals surface area contributed by atoms with E-state index in [1.54, 1.807) is 6.07 Å². The van der Waals surface area contributed by atoms with Crippen molar-refractivity contribution in [3.05, 3.63) is 29.8 Å². The maximum atomic E-state index is 12.6. The van der Waals surface area contributed by atoms with Crippen LogP contribution in [0, 0.1) is 0 Å². The zero-order valence-corrected chi connectivity index (χ0v) is 8.71. The average molecular weight is 209 g/mol. The van der Waals surface area contributed by atoms with Crippen LogP contribution in [0.3, 0.4) is 0 Å². The predicted molar refractivity (Wildman–Crippen MR) is 57.8 cm³/mol. The van der Waals surface area contributed by atoms with Crippen LogP contribution in [0.1, 0.15) is 18.4 Å². The van der Waals surface area contributed by atoms with Gasteiger partial charge in [-0.3, -0.25) is 0 Å². The lowest BCUT2D eigenvalue weighted by atomic mass is 10.1. The Balaban J connectivity index is 2.02. The molecule has 0 saturated carbocycles. The Labute approximate surface area is 89.4 Å². The van der Waals surface area contributed by atoms with Crippen LogP contribution in [0.25, 0.3) is 0 Å². The number of nitrogens with one attached hydrogen (secondary N) is 1. The molecule has 0 atom stereocenters. The van der Waals surface area contributed by atoms with Gasteiger partial charge in [0.2, 0.25) is 0 Å². The van der Waals surface area contributed by atoms with Gasteiger partial charge in [0.05, 0.1) is 0 Å². The van der Waals surface area contributed by atoms with Crippen molar-refractivity contribution in [3.8, 4) is 5.75 Å². The molecule has 1 aliphatic heterocycles. The second-order valence-electron chi connectivity index (χ2n) is 3.81. The van der Waals surface area contributed by atoms with E-state index in [1.807, 2.05) is 18.2 Å². The van der Waals surface area contributed by atoms with Crippen molar-refractivity contribution in [2.45, 2.75) is 25.6 Å². The van der Waals surface area contributed by atoms with Gasteiger partial charge in [-0.15, -0.1) is 0 Å². The number of halogens is 1. The van der Waals surface area contributed by atoms with Gasteiger partial charge in [-0.1, -0.05) is 18.2 Å². The minimum atomic E-state index is -0.457. The van der Waals surface area contributed by atoms with E-state index in [1.165, 1.54) is 0 Å². The number of rotatable bonds is 3. The van der Waals surface area contributed by atoms with E-state index < -0.39 is 6.67 Å². The summed E-state index contributed by atoms with van der Waals surface area (Å²) in [5.74, 6) is 0.701. The highest BCUT2D eigenvalue weighted by molar-refractivity contribution is 5.32. The third-order valence-corrected chi connectivity index (χ3v) is 2.70. The molecule has 1 aromatic rings. The van der Waals surface area contributed by atoms with Gasteiger partial charge >= 0.3 is 0 Å². The van der Waals surface area contributed by atoms with Gasteiger partial charge in [0.1, 0.15) is 18.5 Å². The third-order valence-electron chi connectivity index (χ3n) is 2.70. The van der Waals surface area contributed by atoms with E-state index >= 15 is 0 Å². The minimum Gasteiger partial charge on any atom is -0.490 e. The minimum absolute atomic E-state index is 0.235. The van der Waals surface area contributed by atoms with Crippen molar-refractivity contribution in [2.24, 2.45) is 0 Å². The van der Waals surface area contributed by atoms with Crippen LogP contribution in [0.4, 0.5) is 4.39 Å². The van der Waals surface area contributed by atoms with Crippen LogP contribution in [0.2, 0.25) is 0 Å². The molecular weight excluding hydrogens is 193 g/mol. The molecule has 0 unspecified atom stereocenters. The molecule has 0 radical (unpaired) electrons. The molecule has 1 fully saturated rings. The molecule has 1 aliphatic rings. The average Bonchev–Trinajstić information content (AvgIpc) is 2.31. The zero-order valence-electron chi connectivity index (χ0n) is 8.71. The summed E-state index contributed by atoms with van der Waals surface area (Å²) in [5, 5.41) is 3.28. The van der Waals surface area contributed by atoms with Crippen molar-refractivity contribution in [1.29, 1.82) is 0 Å². The number of alkyl halides is 1. The molecule has 1 N–H and O–H groups in total. The number of para-hydroxylation sites is 1. The maximum absolute atomic E-state index is 12.6. The lowest BCUT2D eigenvalue weighted by Gasteiger charge is -2.24. The number of ether oxygens (including phenoxy) is 1. The van der Waals surface area contributed by atoms with Crippen molar-refractivity contribution < 1.29 is 9.13 Å². The maximum Gasteiger partial charge on any atom is 0.125 e. The van der Waals surface area contributed by atoms with Gasteiger partial charge in [0.15, 0.2) is 0 Å². The fraction of sp³-hybridized carbons (Fsp3) is 0.500. The van der Waals surface area contributed by atoms with Crippen molar-refractivity contribution in [2.75, 3.05) is 13.1 Å². The lowest BCUT2D eigenvalue weighted by Crippen LogP contribution is -2.34. The molecule has 0 spiro atoms. The summed E-state index contributed by atoms with van der Waals surface area (Å²) in [7, 11) is 0. The molecule has 1 aromatic carbocycles. The Morgan fingerprint density at radius 3 is 2.73 bits per heavy atom. The molecule has 15 heavy (non-hydrogen) atoms. The predicted octanol–water partition coefficient (Wildman–Crippen LogP) is 2.29. The molecule has 0 bridgehead atoms. The SMILES string of the molecule is FCc1ccccc1OC1CCNCC1. The zero-order chi connectivity index (χ0) is 10.5. The smallest absolute Gasteiger partial charge is 0.125 e. The largest absolute Gasteiger partial charge is 0.490 e. The first kappa shape index (κ1) is 10.4. The van der Waals surface area contributed by atoms with E-state index in [0.717, 1.165) is 25.9 Å². The first-order valence-corrected chi connectivity index (χ1v) is 5.41. The normalized spacial score (nSPS) is 17.7. The Morgan fingerprint density at radius 2 is 2.00 bits per heavy atom. The topological polar surface area (TPSA) is 21.3 Å². The summed E-state index contributed by atoms with van der Waals surface area (Å²) in [6.45, 7) is 1.52. The monoisotopic (exact) mass is 209 g/mol. The first-order valence-electron chi connectivity index (χ1n) is 5.41. The summed E-state index contributed by atoms with van der Waals surface area (Å²) in [6, 6.07) is 7.34. The molecule has 2 nitrogen and oxygen atoms in total.